The van der Waals surface area contributed by atoms with Crippen LogP contribution in [0.15, 0.2) is 60.7 Å². The van der Waals surface area contributed by atoms with Gasteiger partial charge in [0.25, 0.3) is 5.91 Å². The summed E-state index contributed by atoms with van der Waals surface area (Å²) in [6, 6.07) is 17.8. The summed E-state index contributed by atoms with van der Waals surface area (Å²) >= 11 is 7.38. The smallest absolute Gasteiger partial charge is 0.449 e. The summed E-state index contributed by atoms with van der Waals surface area (Å²) in [5.41, 5.74) is 1.64. The molecule has 0 aliphatic rings. The lowest BCUT2D eigenvalue weighted by atomic mass is 10.1. The van der Waals surface area contributed by atoms with Crippen molar-refractivity contribution in [3.63, 3.8) is 0 Å². The summed E-state index contributed by atoms with van der Waals surface area (Å²) in [5, 5.41) is 9.62. The van der Waals surface area contributed by atoms with Crippen molar-refractivity contribution in [2.45, 2.75) is 19.9 Å². The third kappa shape index (κ3) is 4.18. The molecule has 1 aromatic heterocycles. The predicted octanol–water partition coefficient (Wildman–Crippen LogP) is 6.18. The monoisotopic (exact) mass is 415 g/mol. The van der Waals surface area contributed by atoms with Gasteiger partial charge in [-0.05, 0) is 37.6 Å². The van der Waals surface area contributed by atoms with E-state index in [9.17, 15) is 9.59 Å². The first-order valence-corrected chi connectivity index (χ1v) is 9.76. The molecule has 3 aromatic rings. The fourth-order valence-corrected chi connectivity index (χ4v) is 4.03. The highest BCUT2D eigenvalue weighted by molar-refractivity contribution is 7.18. The normalized spacial score (nSPS) is 10.7. The number of hydrogen-bond donors (Lipinski definition) is 1. The molecule has 1 heterocycles. The molecule has 0 aliphatic heterocycles. The maximum absolute atomic E-state index is 13.2. The first-order valence-electron chi connectivity index (χ1n) is 8.56. The summed E-state index contributed by atoms with van der Waals surface area (Å²) in [5.74, 6) is -0.326. The van der Waals surface area contributed by atoms with Gasteiger partial charge in [-0.3, -0.25) is 4.79 Å². The lowest BCUT2D eigenvalue weighted by Gasteiger charge is -2.27. The molecule has 0 unspecified atom stereocenters. The van der Waals surface area contributed by atoms with E-state index < -0.39 is 6.16 Å². The van der Waals surface area contributed by atoms with E-state index in [1.54, 1.807) is 30.3 Å². The summed E-state index contributed by atoms with van der Waals surface area (Å²) in [6.07, 6.45) is -1.43. The molecule has 0 aliphatic carbocycles. The zero-order chi connectivity index (χ0) is 20.3. The van der Waals surface area contributed by atoms with E-state index in [0.29, 0.717) is 16.3 Å². The maximum atomic E-state index is 13.2. The lowest BCUT2D eigenvalue weighted by Crippen LogP contribution is -2.37. The van der Waals surface area contributed by atoms with Gasteiger partial charge in [0.05, 0.1) is 16.3 Å². The Balaban J connectivity index is 2.11. The first-order chi connectivity index (χ1) is 13.4. The van der Waals surface area contributed by atoms with Crippen LogP contribution in [-0.2, 0) is 0 Å². The second-order valence-electron chi connectivity index (χ2n) is 6.27. The molecule has 3 rings (SSSR count). The second-order valence-corrected chi connectivity index (χ2v) is 7.69. The molecule has 0 saturated heterocycles. The minimum absolute atomic E-state index is 0.139. The van der Waals surface area contributed by atoms with E-state index in [-0.39, 0.29) is 17.0 Å². The van der Waals surface area contributed by atoms with Crippen LogP contribution in [0.5, 0.6) is 5.06 Å². The Morgan fingerprint density at radius 3 is 2.32 bits per heavy atom. The van der Waals surface area contributed by atoms with Gasteiger partial charge in [0.15, 0.2) is 0 Å². The lowest BCUT2D eigenvalue weighted by molar-refractivity contribution is 0.0978. The summed E-state index contributed by atoms with van der Waals surface area (Å²) < 4.78 is 5.00. The molecule has 0 atom stereocenters. The van der Waals surface area contributed by atoms with E-state index in [4.69, 9.17) is 21.4 Å². The Morgan fingerprint density at radius 2 is 1.71 bits per heavy atom. The number of nitrogens with zero attached hydrogens (tertiary/aromatic N) is 1. The van der Waals surface area contributed by atoms with Crippen LogP contribution < -0.4 is 9.64 Å². The number of halogens is 1. The molecule has 28 heavy (non-hydrogen) atoms. The molecule has 2 aromatic carbocycles. The number of carbonyl (C=O) groups is 2. The Kier molecular flexibility index (Phi) is 6.02. The molecule has 0 radical (unpaired) electrons. The average Bonchev–Trinajstić information content (AvgIpc) is 3.05. The van der Waals surface area contributed by atoms with Crippen molar-refractivity contribution in [3.05, 3.63) is 71.2 Å². The van der Waals surface area contributed by atoms with Crippen molar-refractivity contribution in [1.29, 1.82) is 0 Å². The summed E-state index contributed by atoms with van der Waals surface area (Å²) in [4.78, 5) is 26.7. The topological polar surface area (TPSA) is 66.8 Å². The van der Waals surface area contributed by atoms with Gasteiger partial charge in [0.2, 0.25) is 5.06 Å². The number of benzene rings is 2. The Morgan fingerprint density at radius 1 is 1.07 bits per heavy atom. The Bertz CT molecular complexity index is 1000. The third-order valence-corrected chi connectivity index (χ3v) is 5.40. The fraction of sp³-hybridized carbons (Fsp3) is 0.143. The van der Waals surface area contributed by atoms with Gasteiger partial charge in [0, 0.05) is 10.9 Å². The van der Waals surface area contributed by atoms with E-state index in [0.717, 1.165) is 10.4 Å². The van der Waals surface area contributed by atoms with E-state index >= 15 is 0 Å². The molecule has 1 amide bonds. The van der Waals surface area contributed by atoms with Gasteiger partial charge in [-0.25, -0.2) is 4.79 Å². The SMILES string of the molecule is CC(C)N(C(=O)c1ccccc1Cl)c1cc(-c2ccccc2)sc1OC(=O)O. The quantitative estimate of drug-likeness (QED) is 0.505. The molecule has 0 spiro atoms. The predicted molar refractivity (Wildman–Crippen MR) is 112 cm³/mol. The van der Waals surface area contributed by atoms with E-state index in [2.05, 4.69) is 0 Å². The van der Waals surface area contributed by atoms with Gasteiger partial charge in [-0.15, -0.1) is 0 Å². The number of carbonyl (C=O) groups excluding carboxylic acids is 1. The van der Waals surface area contributed by atoms with Gasteiger partial charge < -0.3 is 14.7 Å². The first kappa shape index (κ1) is 19.9. The fourth-order valence-electron chi connectivity index (χ4n) is 2.82. The van der Waals surface area contributed by atoms with Crippen molar-refractivity contribution in [3.8, 4) is 15.5 Å². The van der Waals surface area contributed by atoms with Crippen LogP contribution in [0.4, 0.5) is 10.5 Å². The Hall–Kier alpha value is -2.83. The molecular formula is C21H18ClNO4S. The molecule has 0 saturated carbocycles. The van der Waals surface area contributed by atoms with Crippen LogP contribution in [0, 0.1) is 0 Å². The van der Waals surface area contributed by atoms with Crippen molar-refractivity contribution in [2.24, 2.45) is 0 Å². The number of anilines is 1. The molecule has 0 bridgehead atoms. The van der Waals surface area contributed by atoms with Crippen LogP contribution >= 0.6 is 22.9 Å². The molecule has 1 N–H and O–H groups in total. The van der Waals surface area contributed by atoms with Gasteiger partial charge in [-0.2, -0.15) is 0 Å². The highest BCUT2D eigenvalue weighted by atomic mass is 35.5. The van der Waals surface area contributed by atoms with E-state index in [1.807, 2.05) is 44.2 Å². The van der Waals surface area contributed by atoms with Gasteiger partial charge >= 0.3 is 6.16 Å². The highest BCUT2D eigenvalue weighted by Crippen LogP contribution is 2.44. The van der Waals surface area contributed by atoms with Crippen LogP contribution in [0.25, 0.3) is 10.4 Å². The maximum Gasteiger partial charge on any atom is 0.512 e. The van der Waals surface area contributed by atoms with Crippen LogP contribution in [-0.4, -0.2) is 23.2 Å². The van der Waals surface area contributed by atoms with Gasteiger partial charge in [-0.1, -0.05) is 65.4 Å². The largest absolute Gasteiger partial charge is 0.512 e. The number of amides is 1. The second kappa shape index (κ2) is 8.46. The third-order valence-electron chi connectivity index (χ3n) is 4.02. The van der Waals surface area contributed by atoms with Crippen LogP contribution in [0.1, 0.15) is 24.2 Å². The number of rotatable bonds is 5. The minimum Gasteiger partial charge on any atom is -0.449 e. The number of thiophene rings is 1. The average molecular weight is 416 g/mol. The number of carboxylic acid groups (broad SMARTS) is 1. The van der Waals surface area contributed by atoms with Crippen molar-refractivity contribution in [2.75, 3.05) is 4.90 Å². The Labute approximate surface area is 171 Å². The molecular weight excluding hydrogens is 398 g/mol. The zero-order valence-corrected chi connectivity index (χ0v) is 16.8. The van der Waals surface area contributed by atoms with Crippen molar-refractivity contribution < 1.29 is 19.4 Å². The zero-order valence-electron chi connectivity index (χ0n) is 15.3. The number of hydrogen-bond acceptors (Lipinski definition) is 4. The van der Waals surface area contributed by atoms with Crippen LogP contribution in [0.3, 0.4) is 0 Å². The van der Waals surface area contributed by atoms with Crippen LogP contribution in [0.2, 0.25) is 5.02 Å². The summed E-state index contributed by atoms with van der Waals surface area (Å²) in [7, 11) is 0. The summed E-state index contributed by atoms with van der Waals surface area (Å²) in [6.45, 7) is 3.69. The number of ether oxygens (including phenoxy) is 1. The van der Waals surface area contributed by atoms with Crippen molar-refractivity contribution >= 4 is 40.7 Å². The van der Waals surface area contributed by atoms with E-state index in [1.165, 1.54) is 16.2 Å². The molecule has 0 fully saturated rings. The molecule has 144 valence electrons. The molecule has 7 heteroatoms. The van der Waals surface area contributed by atoms with Gasteiger partial charge in [0.1, 0.15) is 0 Å². The minimum atomic E-state index is -1.43. The molecule has 5 nitrogen and oxygen atoms in total. The standard InChI is InChI=1S/C21H18ClNO4S/c1-13(2)23(19(24)15-10-6-7-11-16(15)22)17-12-18(14-8-4-3-5-9-14)28-20(17)27-21(25)26/h3-13H,1-2H3,(H,25,26). The van der Waals surface area contributed by atoms with Crippen molar-refractivity contribution in [1.82, 2.24) is 0 Å². The highest BCUT2D eigenvalue weighted by Gasteiger charge is 2.28.